The molecule has 1 aromatic carbocycles. The number of aliphatic hydroxyl groups excluding tert-OH is 1. The lowest BCUT2D eigenvalue weighted by Gasteiger charge is -2.11. The Labute approximate surface area is 95.4 Å². The summed E-state index contributed by atoms with van der Waals surface area (Å²) in [7, 11) is 0. The molecule has 15 heavy (non-hydrogen) atoms. The van der Waals surface area contributed by atoms with Gasteiger partial charge in [0.2, 0.25) is 0 Å². The van der Waals surface area contributed by atoms with E-state index < -0.39 is 11.7 Å². The van der Waals surface area contributed by atoms with Crippen LogP contribution in [0.1, 0.15) is 17.3 Å². The molecule has 0 aliphatic rings. The van der Waals surface area contributed by atoms with Crippen molar-refractivity contribution in [2.45, 2.75) is 13.0 Å². The average molecular weight is 276 g/mol. The molecule has 82 valence electrons. The summed E-state index contributed by atoms with van der Waals surface area (Å²) in [6.07, 6.45) is 0. The molecule has 0 radical (unpaired) electrons. The zero-order chi connectivity index (χ0) is 11.4. The summed E-state index contributed by atoms with van der Waals surface area (Å²) in [5.74, 6) is -0.886. The van der Waals surface area contributed by atoms with Crippen molar-refractivity contribution in [3.8, 4) is 0 Å². The first-order valence-electron chi connectivity index (χ1n) is 4.41. The molecular weight excluding hydrogens is 265 g/mol. The SMILES string of the molecule is CC(CO)NC(=O)c1cc(F)ccc1Br. The highest BCUT2D eigenvalue weighted by molar-refractivity contribution is 9.10. The minimum absolute atomic E-state index is 0.154. The van der Waals surface area contributed by atoms with Gasteiger partial charge in [-0.15, -0.1) is 0 Å². The summed E-state index contributed by atoms with van der Waals surface area (Å²) in [5, 5.41) is 11.3. The quantitative estimate of drug-likeness (QED) is 0.882. The minimum atomic E-state index is -0.472. The summed E-state index contributed by atoms with van der Waals surface area (Å²) in [6, 6.07) is 3.51. The van der Waals surface area contributed by atoms with Crippen molar-refractivity contribution >= 4 is 21.8 Å². The second-order valence-electron chi connectivity index (χ2n) is 3.18. The van der Waals surface area contributed by atoms with E-state index >= 15 is 0 Å². The summed E-state index contributed by atoms with van der Waals surface area (Å²) in [4.78, 5) is 11.6. The van der Waals surface area contributed by atoms with E-state index in [0.717, 1.165) is 6.07 Å². The molecule has 0 aliphatic carbocycles. The largest absolute Gasteiger partial charge is 0.394 e. The molecule has 5 heteroatoms. The Morgan fingerprint density at radius 1 is 1.67 bits per heavy atom. The zero-order valence-electron chi connectivity index (χ0n) is 8.13. The van der Waals surface area contributed by atoms with E-state index in [9.17, 15) is 9.18 Å². The average Bonchev–Trinajstić information content (AvgIpc) is 2.21. The van der Waals surface area contributed by atoms with Crippen molar-refractivity contribution in [2.24, 2.45) is 0 Å². The van der Waals surface area contributed by atoms with Gasteiger partial charge in [0, 0.05) is 10.5 Å². The third-order valence-electron chi connectivity index (χ3n) is 1.82. The second kappa shape index (κ2) is 5.23. The maximum Gasteiger partial charge on any atom is 0.252 e. The Hall–Kier alpha value is -0.940. The number of carbonyl (C=O) groups is 1. The zero-order valence-corrected chi connectivity index (χ0v) is 9.71. The molecule has 1 unspecified atom stereocenters. The van der Waals surface area contributed by atoms with Gasteiger partial charge in [0.1, 0.15) is 5.82 Å². The third kappa shape index (κ3) is 3.28. The minimum Gasteiger partial charge on any atom is -0.394 e. The number of amides is 1. The Morgan fingerprint density at radius 3 is 2.93 bits per heavy atom. The molecule has 0 saturated carbocycles. The standard InChI is InChI=1S/C10H11BrFNO2/c1-6(5-14)13-10(15)8-4-7(12)2-3-9(8)11/h2-4,6,14H,5H2,1H3,(H,13,15). The fourth-order valence-electron chi connectivity index (χ4n) is 1.02. The van der Waals surface area contributed by atoms with Crippen molar-refractivity contribution in [1.29, 1.82) is 0 Å². The Balaban J connectivity index is 2.86. The van der Waals surface area contributed by atoms with Crippen molar-refractivity contribution < 1.29 is 14.3 Å². The molecule has 2 N–H and O–H groups in total. The lowest BCUT2D eigenvalue weighted by molar-refractivity contribution is 0.0921. The molecule has 0 saturated heterocycles. The van der Waals surface area contributed by atoms with Crippen LogP contribution < -0.4 is 5.32 Å². The number of hydrogen-bond acceptors (Lipinski definition) is 2. The van der Waals surface area contributed by atoms with Crippen LogP contribution in [-0.2, 0) is 0 Å². The van der Waals surface area contributed by atoms with Crippen LogP contribution in [0.5, 0.6) is 0 Å². The summed E-state index contributed by atoms with van der Waals surface area (Å²) in [5.41, 5.74) is 0.218. The lowest BCUT2D eigenvalue weighted by atomic mass is 10.2. The van der Waals surface area contributed by atoms with Crippen molar-refractivity contribution in [3.05, 3.63) is 34.1 Å². The first kappa shape index (κ1) is 12.1. The number of hydrogen-bond donors (Lipinski definition) is 2. The van der Waals surface area contributed by atoms with Gasteiger partial charge in [-0.3, -0.25) is 4.79 Å². The highest BCUT2D eigenvalue weighted by atomic mass is 79.9. The molecule has 1 aromatic rings. The van der Waals surface area contributed by atoms with Crippen LogP contribution >= 0.6 is 15.9 Å². The molecule has 0 heterocycles. The van der Waals surface area contributed by atoms with Crippen LogP contribution in [0.2, 0.25) is 0 Å². The lowest BCUT2D eigenvalue weighted by Crippen LogP contribution is -2.35. The molecule has 1 amide bonds. The van der Waals surface area contributed by atoms with E-state index in [4.69, 9.17) is 5.11 Å². The Kier molecular flexibility index (Phi) is 4.23. The summed E-state index contributed by atoms with van der Waals surface area (Å²) in [6.45, 7) is 1.50. The Morgan fingerprint density at radius 2 is 2.33 bits per heavy atom. The molecule has 0 bridgehead atoms. The van der Waals surface area contributed by atoms with E-state index in [1.807, 2.05) is 0 Å². The van der Waals surface area contributed by atoms with E-state index in [1.54, 1.807) is 6.92 Å². The fourth-order valence-corrected chi connectivity index (χ4v) is 1.45. The number of aliphatic hydroxyl groups is 1. The van der Waals surface area contributed by atoms with Gasteiger partial charge in [0.15, 0.2) is 0 Å². The van der Waals surface area contributed by atoms with Gasteiger partial charge in [-0.2, -0.15) is 0 Å². The van der Waals surface area contributed by atoms with Crippen molar-refractivity contribution in [3.63, 3.8) is 0 Å². The van der Waals surface area contributed by atoms with Gasteiger partial charge in [0.05, 0.1) is 12.2 Å². The van der Waals surface area contributed by atoms with Crippen LogP contribution in [0.4, 0.5) is 4.39 Å². The van der Waals surface area contributed by atoms with Crippen LogP contribution in [0.15, 0.2) is 22.7 Å². The molecule has 0 aromatic heterocycles. The summed E-state index contributed by atoms with van der Waals surface area (Å²) >= 11 is 3.15. The predicted molar refractivity (Wildman–Crippen MR) is 58.1 cm³/mol. The number of carbonyl (C=O) groups excluding carboxylic acids is 1. The molecule has 0 spiro atoms. The molecule has 1 atom stereocenters. The second-order valence-corrected chi connectivity index (χ2v) is 4.04. The van der Waals surface area contributed by atoms with E-state index in [-0.39, 0.29) is 18.2 Å². The van der Waals surface area contributed by atoms with Gasteiger partial charge >= 0.3 is 0 Å². The number of benzene rings is 1. The van der Waals surface area contributed by atoms with Gasteiger partial charge in [-0.25, -0.2) is 4.39 Å². The highest BCUT2D eigenvalue weighted by Gasteiger charge is 2.12. The number of halogens is 2. The van der Waals surface area contributed by atoms with Crippen LogP contribution in [0, 0.1) is 5.82 Å². The maximum absolute atomic E-state index is 12.9. The molecular formula is C10H11BrFNO2. The van der Waals surface area contributed by atoms with Crippen molar-refractivity contribution in [1.82, 2.24) is 5.32 Å². The smallest absolute Gasteiger partial charge is 0.252 e. The van der Waals surface area contributed by atoms with Gasteiger partial charge in [0.25, 0.3) is 5.91 Å². The predicted octanol–water partition coefficient (Wildman–Crippen LogP) is 1.70. The molecule has 3 nitrogen and oxygen atoms in total. The van der Waals surface area contributed by atoms with Crippen LogP contribution in [-0.4, -0.2) is 23.7 Å². The molecule has 0 fully saturated rings. The van der Waals surface area contributed by atoms with E-state index in [0.29, 0.717) is 4.47 Å². The van der Waals surface area contributed by atoms with E-state index in [2.05, 4.69) is 21.2 Å². The summed E-state index contributed by atoms with van der Waals surface area (Å²) < 4.78 is 13.4. The van der Waals surface area contributed by atoms with Gasteiger partial charge < -0.3 is 10.4 Å². The van der Waals surface area contributed by atoms with E-state index in [1.165, 1.54) is 12.1 Å². The third-order valence-corrected chi connectivity index (χ3v) is 2.52. The Bertz CT molecular complexity index is 370. The number of rotatable bonds is 3. The van der Waals surface area contributed by atoms with Crippen LogP contribution in [0.3, 0.4) is 0 Å². The molecule has 1 rings (SSSR count). The molecule has 0 aliphatic heterocycles. The van der Waals surface area contributed by atoms with Crippen LogP contribution in [0.25, 0.3) is 0 Å². The monoisotopic (exact) mass is 275 g/mol. The van der Waals surface area contributed by atoms with Gasteiger partial charge in [-0.1, -0.05) is 0 Å². The highest BCUT2D eigenvalue weighted by Crippen LogP contribution is 2.17. The van der Waals surface area contributed by atoms with Crippen molar-refractivity contribution in [2.75, 3.05) is 6.61 Å². The topological polar surface area (TPSA) is 49.3 Å². The maximum atomic E-state index is 12.9. The fraction of sp³-hybridized carbons (Fsp3) is 0.300. The van der Waals surface area contributed by atoms with Gasteiger partial charge in [-0.05, 0) is 41.1 Å². The normalized spacial score (nSPS) is 12.3. The number of nitrogens with one attached hydrogen (secondary N) is 1. The first-order valence-corrected chi connectivity index (χ1v) is 5.20. The first-order chi connectivity index (χ1) is 7.04.